The summed E-state index contributed by atoms with van der Waals surface area (Å²) in [5, 5.41) is 3.34. The van der Waals surface area contributed by atoms with Crippen LogP contribution in [0.15, 0.2) is 24.4 Å². The molecule has 2 heterocycles. The van der Waals surface area contributed by atoms with Crippen LogP contribution < -0.4 is 20.7 Å². The van der Waals surface area contributed by atoms with E-state index >= 15 is 0 Å². The fourth-order valence-corrected chi connectivity index (χ4v) is 3.74. The van der Waals surface area contributed by atoms with Gasteiger partial charge < -0.3 is 20.7 Å². The molecule has 1 fully saturated rings. The normalized spacial score (nSPS) is 15.6. The molecule has 0 amide bonds. The van der Waals surface area contributed by atoms with Crippen LogP contribution in [-0.2, 0) is 10.0 Å². The van der Waals surface area contributed by atoms with Gasteiger partial charge in [-0.05, 0) is 12.1 Å². The van der Waals surface area contributed by atoms with Gasteiger partial charge in [0.15, 0.2) is 0 Å². The average molecular weight is 413 g/mol. The predicted octanol–water partition coefficient (Wildman–Crippen LogP) is 1.55. The quantitative estimate of drug-likeness (QED) is 0.760. The van der Waals surface area contributed by atoms with Crippen LogP contribution in [0.5, 0.6) is 5.75 Å². The van der Waals surface area contributed by atoms with Gasteiger partial charge in [-0.2, -0.15) is 9.29 Å². The van der Waals surface area contributed by atoms with E-state index in [2.05, 4.69) is 20.2 Å². The van der Waals surface area contributed by atoms with Crippen molar-refractivity contribution in [2.45, 2.75) is 0 Å². The molecule has 3 rings (SSSR count). The maximum absolute atomic E-state index is 11.6. The summed E-state index contributed by atoms with van der Waals surface area (Å²) in [5.41, 5.74) is 7.33. The molecule has 0 unspecified atom stereocenters. The first-order chi connectivity index (χ1) is 12.8. The van der Waals surface area contributed by atoms with Crippen molar-refractivity contribution in [3.63, 3.8) is 0 Å². The molecule has 0 aliphatic carbocycles. The van der Waals surface area contributed by atoms with E-state index in [0.29, 0.717) is 43.6 Å². The Bertz CT molecular complexity index is 932. The minimum atomic E-state index is -3.15. The van der Waals surface area contributed by atoms with Crippen LogP contribution in [0.1, 0.15) is 0 Å². The van der Waals surface area contributed by atoms with Crippen LogP contribution in [0.25, 0.3) is 0 Å². The largest absolute Gasteiger partial charge is 0.494 e. The van der Waals surface area contributed by atoms with Crippen LogP contribution in [0.3, 0.4) is 0 Å². The van der Waals surface area contributed by atoms with E-state index in [9.17, 15) is 8.42 Å². The van der Waals surface area contributed by atoms with Crippen LogP contribution in [0.2, 0.25) is 5.02 Å². The number of methoxy groups -OCH3 is 1. The molecule has 1 aliphatic rings. The fraction of sp³-hybridized carbons (Fsp3) is 0.375. The summed E-state index contributed by atoms with van der Waals surface area (Å²) in [6.45, 7) is 2.14. The molecule has 2 aromatic rings. The highest BCUT2D eigenvalue weighted by molar-refractivity contribution is 7.88. The fourth-order valence-electron chi connectivity index (χ4n) is 2.82. The van der Waals surface area contributed by atoms with Crippen LogP contribution in [0, 0.1) is 0 Å². The van der Waals surface area contributed by atoms with Crippen LogP contribution in [-0.4, -0.2) is 62.2 Å². The number of ether oxygens (including phenoxy) is 1. The molecule has 0 spiro atoms. The Morgan fingerprint density at radius 1 is 1.26 bits per heavy atom. The highest BCUT2D eigenvalue weighted by atomic mass is 35.5. The molecule has 0 bridgehead atoms. The zero-order valence-electron chi connectivity index (χ0n) is 15.0. The molecule has 0 saturated carbocycles. The molecule has 146 valence electrons. The summed E-state index contributed by atoms with van der Waals surface area (Å²) in [6.07, 6.45) is 2.66. The number of nitrogens with two attached hydrogens (primary N) is 1. The number of nitrogens with zero attached hydrogens (tertiary/aromatic N) is 4. The van der Waals surface area contributed by atoms with Gasteiger partial charge in [0.05, 0.1) is 25.2 Å². The Morgan fingerprint density at radius 2 is 1.96 bits per heavy atom. The van der Waals surface area contributed by atoms with Gasteiger partial charge in [-0.15, -0.1) is 0 Å². The second-order valence-electron chi connectivity index (χ2n) is 6.09. The van der Waals surface area contributed by atoms with E-state index < -0.39 is 10.0 Å². The number of sulfonamides is 1. The van der Waals surface area contributed by atoms with Crippen molar-refractivity contribution < 1.29 is 13.2 Å². The zero-order chi connectivity index (χ0) is 19.6. The van der Waals surface area contributed by atoms with E-state index in [0.717, 1.165) is 5.69 Å². The van der Waals surface area contributed by atoms with Gasteiger partial charge in [0.25, 0.3) is 0 Å². The van der Waals surface area contributed by atoms with Crippen molar-refractivity contribution in [3.05, 3.63) is 29.4 Å². The lowest BCUT2D eigenvalue weighted by molar-refractivity contribution is 0.387. The van der Waals surface area contributed by atoms with E-state index in [4.69, 9.17) is 22.1 Å². The van der Waals surface area contributed by atoms with Crippen molar-refractivity contribution in [2.24, 2.45) is 0 Å². The molecule has 1 aromatic heterocycles. The Labute approximate surface area is 163 Å². The van der Waals surface area contributed by atoms with Crippen molar-refractivity contribution >= 4 is 44.8 Å². The Morgan fingerprint density at radius 3 is 2.56 bits per heavy atom. The number of rotatable bonds is 5. The van der Waals surface area contributed by atoms with Gasteiger partial charge in [0.1, 0.15) is 16.6 Å². The number of nitrogens with one attached hydrogen (secondary N) is 1. The highest BCUT2D eigenvalue weighted by Crippen LogP contribution is 2.32. The number of anilines is 4. The van der Waals surface area contributed by atoms with Crippen molar-refractivity contribution in [1.82, 2.24) is 14.3 Å². The number of hydrogen-bond donors (Lipinski definition) is 2. The summed E-state index contributed by atoms with van der Waals surface area (Å²) in [5.74, 6) is 1.10. The molecule has 1 saturated heterocycles. The predicted molar refractivity (Wildman–Crippen MR) is 106 cm³/mol. The zero-order valence-corrected chi connectivity index (χ0v) is 16.6. The number of nitrogen functional groups attached to an aromatic ring is 1. The molecular formula is C16H21ClN6O3S. The third-order valence-corrected chi connectivity index (χ3v) is 5.87. The third-order valence-electron chi connectivity index (χ3n) is 4.28. The van der Waals surface area contributed by atoms with Gasteiger partial charge in [0, 0.05) is 37.9 Å². The van der Waals surface area contributed by atoms with Crippen molar-refractivity contribution in [1.29, 1.82) is 0 Å². The van der Waals surface area contributed by atoms with Gasteiger partial charge in [-0.25, -0.2) is 13.4 Å². The maximum atomic E-state index is 11.6. The van der Waals surface area contributed by atoms with Gasteiger partial charge in [-0.3, -0.25) is 0 Å². The number of hydrogen-bond acceptors (Lipinski definition) is 8. The molecule has 0 atom stereocenters. The van der Waals surface area contributed by atoms with Crippen molar-refractivity contribution in [2.75, 3.05) is 55.5 Å². The number of piperazine rings is 1. The van der Waals surface area contributed by atoms with Crippen LogP contribution >= 0.6 is 11.6 Å². The lowest BCUT2D eigenvalue weighted by Gasteiger charge is -2.35. The van der Waals surface area contributed by atoms with E-state index in [-0.39, 0.29) is 10.8 Å². The molecule has 3 N–H and O–H groups in total. The first-order valence-corrected chi connectivity index (χ1v) is 10.4. The summed E-state index contributed by atoms with van der Waals surface area (Å²) >= 11 is 5.84. The monoisotopic (exact) mass is 412 g/mol. The van der Waals surface area contributed by atoms with Gasteiger partial charge in [-0.1, -0.05) is 11.6 Å². The lowest BCUT2D eigenvalue weighted by Crippen LogP contribution is -2.48. The molecular weight excluding hydrogens is 392 g/mol. The number of benzene rings is 1. The Kier molecular flexibility index (Phi) is 5.59. The molecule has 0 radical (unpaired) electrons. The second kappa shape index (κ2) is 7.75. The second-order valence-corrected chi connectivity index (χ2v) is 8.48. The first kappa shape index (κ1) is 19.5. The molecule has 1 aliphatic heterocycles. The topological polar surface area (TPSA) is 114 Å². The summed E-state index contributed by atoms with van der Waals surface area (Å²) < 4.78 is 30.2. The number of aromatic nitrogens is 2. The lowest BCUT2D eigenvalue weighted by atomic mass is 10.2. The summed E-state index contributed by atoms with van der Waals surface area (Å²) in [4.78, 5) is 10.3. The van der Waals surface area contributed by atoms with Crippen LogP contribution in [0.4, 0.5) is 23.1 Å². The minimum absolute atomic E-state index is 0.188. The maximum Gasteiger partial charge on any atom is 0.229 e. The smallest absolute Gasteiger partial charge is 0.229 e. The molecule has 9 nitrogen and oxygen atoms in total. The van der Waals surface area contributed by atoms with E-state index in [1.54, 1.807) is 7.11 Å². The Balaban J connectivity index is 1.75. The van der Waals surface area contributed by atoms with E-state index in [1.807, 2.05) is 18.2 Å². The Hall–Kier alpha value is -2.30. The highest BCUT2D eigenvalue weighted by Gasteiger charge is 2.24. The van der Waals surface area contributed by atoms with Gasteiger partial charge in [0.2, 0.25) is 16.0 Å². The van der Waals surface area contributed by atoms with Crippen molar-refractivity contribution in [3.8, 4) is 5.75 Å². The summed E-state index contributed by atoms with van der Waals surface area (Å²) in [7, 11) is -1.58. The first-order valence-electron chi connectivity index (χ1n) is 8.21. The molecule has 11 heteroatoms. The number of halogens is 1. The standard InChI is InChI=1S/C16H21ClN6O3S/c1-26-14-9-11(22-5-7-23(8-6-22)27(2,24)25)3-4-13(14)20-16-19-10-12(17)15(18)21-16/h3-4,9-10H,5-8H2,1-2H3,(H3,18,19,20,21). The average Bonchev–Trinajstić information content (AvgIpc) is 2.64. The minimum Gasteiger partial charge on any atom is -0.494 e. The molecule has 27 heavy (non-hydrogen) atoms. The molecule has 1 aromatic carbocycles. The van der Waals surface area contributed by atoms with Gasteiger partial charge >= 0.3 is 0 Å². The summed E-state index contributed by atoms with van der Waals surface area (Å²) in [6, 6.07) is 5.67. The SMILES string of the molecule is COc1cc(N2CCN(S(C)(=O)=O)CC2)ccc1Nc1ncc(Cl)c(N)n1. The van der Waals surface area contributed by atoms with E-state index in [1.165, 1.54) is 16.8 Å². The third kappa shape index (κ3) is 4.52.